The highest BCUT2D eigenvalue weighted by molar-refractivity contribution is 5.87. The summed E-state index contributed by atoms with van der Waals surface area (Å²) in [6, 6.07) is 0. The summed E-state index contributed by atoms with van der Waals surface area (Å²) in [5.74, 6) is -7.61. The van der Waals surface area contributed by atoms with Crippen molar-refractivity contribution < 1.29 is 38.9 Å². The Bertz CT molecular complexity index is 791. The van der Waals surface area contributed by atoms with E-state index in [0.717, 1.165) is 19.3 Å². The van der Waals surface area contributed by atoms with Gasteiger partial charge < -0.3 is 19.7 Å². The van der Waals surface area contributed by atoms with E-state index in [1.54, 1.807) is 0 Å². The standard InChI is InChI=1S/C31H55NO8/c1-7-8-9-10-11-12-13-14-15-16-17-18-39-26(33)19-24(28(35)36)25(29(37)38)20-27(34)40-23-21-30(2,3)32(6)31(4,5)22-23/h23-25H,7-22H2,1-6H3,(H,35,36)(H,37,38). The molecule has 1 rings (SSSR count). The van der Waals surface area contributed by atoms with Gasteiger partial charge in [0.15, 0.2) is 0 Å². The Balaban J connectivity index is 2.47. The SMILES string of the molecule is CCCCCCCCCCCCCOC(=O)CC(C(=O)O)C(CC(=O)OC1CC(C)(C)N(C)C(C)(C)C1)C(=O)O. The Hall–Kier alpha value is -2.16. The lowest BCUT2D eigenvalue weighted by atomic mass is 9.78. The number of nitrogens with zero attached hydrogens (tertiary/aromatic N) is 1. The number of rotatable bonds is 20. The first-order chi connectivity index (χ1) is 18.7. The third-order valence-corrected chi connectivity index (χ3v) is 8.47. The van der Waals surface area contributed by atoms with Crippen LogP contribution >= 0.6 is 0 Å². The quantitative estimate of drug-likeness (QED) is 0.130. The molecule has 1 aliphatic rings. The zero-order valence-electron chi connectivity index (χ0n) is 25.8. The van der Waals surface area contributed by atoms with Crippen LogP contribution in [0.4, 0.5) is 0 Å². The lowest BCUT2D eigenvalue weighted by Gasteiger charge is -2.53. The van der Waals surface area contributed by atoms with E-state index in [1.165, 1.54) is 44.9 Å². The summed E-state index contributed by atoms with van der Waals surface area (Å²) in [7, 11) is 2.02. The van der Waals surface area contributed by atoms with Gasteiger partial charge in [-0.3, -0.25) is 24.1 Å². The highest BCUT2D eigenvalue weighted by atomic mass is 16.5. The molecule has 40 heavy (non-hydrogen) atoms. The maximum Gasteiger partial charge on any atom is 0.307 e. The summed E-state index contributed by atoms with van der Waals surface area (Å²) in [5, 5.41) is 19.4. The van der Waals surface area contributed by atoms with Gasteiger partial charge in [0.1, 0.15) is 6.10 Å². The molecule has 0 aliphatic carbocycles. The minimum absolute atomic E-state index is 0.170. The molecule has 1 fully saturated rings. The fraction of sp³-hybridized carbons (Fsp3) is 0.871. The number of aliphatic carboxylic acids is 2. The van der Waals surface area contributed by atoms with Gasteiger partial charge >= 0.3 is 23.9 Å². The predicted molar refractivity (Wildman–Crippen MR) is 154 cm³/mol. The first-order valence-corrected chi connectivity index (χ1v) is 15.3. The van der Waals surface area contributed by atoms with Gasteiger partial charge in [0, 0.05) is 23.9 Å². The molecular formula is C31H55NO8. The summed E-state index contributed by atoms with van der Waals surface area (Å²) in [6.45, 7) is 10.6. The molecule has 1 aliphatic heterocycles. The van der Waals surface area contributed by atoms with E-state index < -0.39 is 54.7 Å². The van der Waals surface area contributed by atoms with E-state index in [4.69, 9.17) is 9.47 Å². The topological polar surface area (TPSA) is 130 Å². The number of carboxylic acid groups (broad SMARTS) is 2. The van der Waals surface area contributed by atoms with Crippen molar-refractivity contribution in [2.24, 2.45) is 11.8 Å². The van der Waals surface area contributed by atoms with Crippen molar-refractivity contribution in [1.82, 2.24) is 4.90 Å². The number of hydrogen-bond donors (Lipinski definition) is 2. The molecule has 0 radical (unpaired) electrons. The third kappa shape index (κ3) is 13.0. The van der Waals surface area contributed by atoms with Gasteiger partial charge in [0.25, 0.3) is 0 Å². The number of carbonyl (C=O) groups excluding carboxylic acids is 2. The molecule has 232 valence electrons. The van der Waals surface area contributed by atoms with E-state index in [-0.39, 0.29) is 17.7 Å². The van der Waals surface area contributed by atoms with Crippen molar-refractivity contribution in [3.05, 3.63) is 0 Å². The molecule has 0 amide bonds. The number of unbranched alkanes of at least 4 members (excludes halogenated alkanes) is 10. The molecule has 9 nitrogen and oxygen atoms in total. The number of hydrogen-bond acceptors (Lipinski definition) is 7. The van der Waals surface area contributed by atoms with Gasteiger partial charge in [-0.05, 0) is 41.2 Å². The number of esters is 2. The Morgan fingerprint density at radius 3 is 1.55 bits per heavy atom. The number of carboxylic acids is 2. The molecule has 0 saturated carbocycles. The minimum atomic E-state index is -1.59. The van der Waals surface area contributed by atoms with E-state index in [2.05, 4.69) is 39.5 Å². The van der Waals surface area contributed by atoms with Gasteiger partial charge in [-0.1, -0.05) is 71.1 Å². The van der Waals surface area contributed by atoms with E-state index >= 15 is 0 Å². The van der Waals surface area contributed by atoms with Gasteiger partial charge in [-0.2, -0.15) is 0 Å². The van der Waals surface area contributed by atoms with E-state index in [1.807, 2.05) is 7.05 Å². The third-order valence-electron chi connectivity index (χ3n) is 8.47. The van der Waals surface area contributed by atoms with Crippen LogP contribution in [-0.2, 0) is 28.7 Å². The summed E-state index contributed by atoms with van der Waals surface area (Å²) in [5.41, 5.74) is -0.472. The van der Waals surface area contributed by atoms with Crippen LogP contribution in [0.5, 0.6) is 0 Å². The molecule has 0 bridgehead atoms. The smallest absolute Gasteiger partial charge is 0.307 e. The van der Waals surface area contributed by atoms with Crippen LogP contribution < -0.4 is 0 Å². The second-order valence-electron chi connectivity index (χ2n) is 12.8. The van der Waals surface area contributed by atoms with Crippen LogP contribution in [0.2, 0.25) is 0 Å². The van der Waals surface area contributed by atoms with Crippen molar-refractivity contribution in [3.8, 4) is 0 Å². The highest BCUT2D eigenvalue weighted by Gasteiger charge is 2.45. The van der Waals surface area contributed by atoms with E-state index in [9.17, 15) is 29.4 Å². The summed E-state index contributed by atoms with van der Waals surface area (Å²) in [4.78, 5) is 51.2. The van der Waals surface area contributed by atoms with Crippen LogP contribution in [0.1, 0.15) is 131 Å². The van der Waals surface area contributed by atoms with Crippen molar-refractivity contribution in [2.45, 2.75) is 148 Å². The van der Waals surface area contributed by atoms with Crippen molar-refractivity contribution in [3.63, 3.8) is 0 Å². The molecule has 0 aromatic heterocycles. The molecule has 0 aromatic rings. The summed E-state index contributed by atoms with van der Waals surface area (Å²) >= 11 is 0. The van der Waals surface area contributed by atoms with Crippen LogP contribution in [0.15, 0.2) is 0 Å². The fourth-order valence-electron chi connectivity index (χ4n) is 5.77. The second-order valence-corrected chi connectivity index (χ2v) is 12.8. The fourth-order valence-corrected chi connectivity index (χ4v) is 5.77. The maximum atomic E-state index is 12.7. The molecule has 2 atom stereocenters. The van der Waals surface area contributed by atoms with Crippen LogP contribution in [-0.4, -0.2) is 69.8 Å². The molecule has 2 N–H and O–H groups in total. The number of ether oxygens (including phenoxy) is 2. The highest BCUT2D eigenvalue weighted by Crippen LogP contribution is 2.38. The first-order valence-electron chi connectivity index (χ1n) is 15.3. The zero-order chi connectivity index (χ0) is 30.3. The Morgan fingerprint density at radius 2 is 1.12 bits per heavy atom. The number of likely N-dealkylation sites (tertiary alicyclic amines) is 1. The van der Waals surface area contributed by atoms with Crippen LogP contribution in [0.3, 0.4) is 0 Å². The maximum absolute atomic E-state index is 12.7. The largest absolute Gasteiger partial charge is 0.481 e. The Morgan fingerprint density at radius 1 is 0.725 bits per heavy atom. The average molecular weight is 570 g/mol. The molecule has 2 unspecified atom stereocenters. The molecule has 0 spiro atoms. The predicted octanol–water partition coefficient (Wildman–Crippen LogP) is 6.22. The number of piperidine rings is 1. The molecular weight excluding hydrogens is 514 g/mol. The lowest BCUT2D eigenvalue weighted by Crippen LogP contribution is -2.60. The van der Waals surface area contributed by atoms with Gasteiger partial charge in [-0.25, -0.2) is 0 Å². The Kier molecular flexibility index (Phi) is 15.8. The summed E-state index contributed by atoms with van der Waals surface area (Å²) < 4.78 is 10.8. The normalized spacial score (nSPS) is 18.6. The van der Waals surface area contributed by atoms with Crippen LogP contribution in [0.25, 0.3) is 0 Å². The van der Waals surface area contributed by atoms with Crippen molar-refractivity contribution in [2.75, 3.05) is 13.7 Å². The molecule has 1 heterocycles. The van der Waals surface area contributed by atoms with Crippen LogP contribution in [0, 0.1) is 11.8 Å². The molecule has 1 saturated heterocycles. The lowest BCUT2D eigenvalue weighted by molar-refractivity contribution is -0.167. The first kappa shape index (κ1) is 35.9. The monoisotopic (exact) mass is 569 g/mol. The zero-order valence-corrected chi connectivity index (χ0v) is 25.8. The van der Waals surface area contributed by atoms with Gasteiger partial charge in [0.2, 0.25) is 0 Å². The summed E-state index contributed by atoms with van der Waals surface area (Å²) in [6.07, 6.45) is 12.2. The van der Waals surface area contributed by atoms with Gasteiger partial charge in [0.05, 0.1) is 31.3 Å². The van der Waals surface area contributed by atoms with Crippen molar-refractivity contribution in [1.29, 1.82) is 0 Å². The van der Waals surface area contributed by atoms with Crippen molar-refractivity contribution >= 4 is 23.9 Å². The van der Waals surface area contributed by atoms with Gasteiger partial charge in [-0.15, -0.1) is 0 Å². The Labute approximate surface area is 241 Å². The second kappa shape index (κ2) is 17.6. The number of carbonyl (C=O) groups is 4. The van der Waals surface area contributed by atoms with E-state index in [0.29, 0.717) is 19.3 Å². The minimum Gasteiger partial charge on any atom is -0.481 e. The molecule has 0 aromatic carbocycles. The average Bonchev–Trinajstić information content (AvgIpc) is 2.84. The molecule has 9 heteroatoms.